The van der Waals surface area contributed by atoms with Crippen molar-refractivity contribution >= 4 is 17.7 Å². The maximum atomic E-state index is 12.0. The molecule has 0 radical (unpaired) electrons. The molecular weight excluding hydrogens is 318 g/mol. The second-order valence-electron chi connectivity index (χ2n) is 6.32. The summed E-state index contributed by atoms with van der Waals surface area (Å²) in [6, 6.07) is 3.99. The summed E-state index contributed by atoms with van der Waals surface area (Å²) >= 11 is 0. The first kappa shape index (κ1) is 19.0. The van der Waals surface area contributed by atoms with Gasteiger partial charge in [0, 0.05) is 52.5 Å². The number of carbonyl (C=O) groups is 1. The van der Waals surface area contributed by atoms with E-state index in [0.717, 1.165) is 36.7 Å². The molecule has 1 fully saturated rings. The molecule has 0 aromatic carbocycles. The summed E-state index contributed by atoms with van der Waals surface area (Å²) in [5.41, 5.74) is 1.10. The lowest BCUT2D eigenvalue weighted by Crippen LogP contribution is -2.48. The van der Waals surface area contributed by atoms with Crippen LogP contribution in [-0.4, -0.2) is 62.7 Å². The van der Waals surface area contributed by atoms with E-state index < -0.39 is 0 Å². The lowest BCUT2D eigenvalue weighted by molar-refractivity contribution is -0.149. The molecule has 0 aliphatic carbocycles. The van der Waals surface area contributed by atoms with E-state index in [9.17, 15) is 4.79 Å². The Morgan fingerprint density at radius 1 is 1.52 bits per heavy atom. The van der Waals surface area contributed by atoms with E-state index >= 15 is 0 Å². The van der Waals surface area contributed by atoms with Crippen LogP contribution in [0.1, 0.15) is 25.3 Å². The molecule has 1 aromatic rings. The van der Waals surface area contributed by atoms with E-state index in [4.69, 9.17) is 4.74 Å². The first-order valence-electron chi connectivity index (χ1n) is 8.80. The maximum Gasteiger partial charge on any atom is 0.310 e. The van der Waals surface area contributed by atoms with Gasteiger partial charge in [-0.25, -0.2) is 4.98 Å². The highest BCUT2D eigenvalue weighted by Crippen LogP contribution is 2.19. The number of nitrogens with zero attached hydrogens (tertiary/aromatic N) is 4. The molecule has 0 spiro atoms. The summed E-state index contributed by atoms with van der Waals surface area (Å²) in [5.74, 6) is 1.56. The number of esters is 1. The van der Waals surface area contributed by atoms with Crippen molar-refractivity contribution in [3.05, 3.63) is 23.9 Å². The number of likely N-dealkylation sites (tertiary alicyclic amines) is 1. The molecule has 1 N–H and O–H groups in total. The minimum atomic E-state index is -0.107. The van der Waals surface area contributed by atoms with E-state index in [1.807, 2.05) is 32.0 Å². The third-order valence-corrected chi connectivity index (χ3v) is 4.28. The van der Waals surface area contributed by atoms with Crippen molar-refractivity contribution in [2.75, 3.05) is 45.7 Å². The molecule has 1 aromatic heterocycles. The number of carbonyl (C=O) groups excluding carboxylic acids is 1. The van der Waals surface area contributed by atoms with Crippen LogP contribution in [0.3, 0.4) is 0 Å². The molecule has 1 aliphatic heterocycles. The highest BCUT2D eigenvalue weighted by molar-refractivity contribution is 5.81. The van der Waals surface area contributed by atoms with E-state index in [2.05, 4.69) is 26.3 Å². The van der Waals surface area contributed by atoms with Crippen molar-refractivity contribution in [3.63, 3.8) is 0 Å². The Labute approximate surface area is 150 Å². The van der Waals surface area contributed by atoms with Crippen LogP contribution in [0.2, 0.25) is 0 Å². The topological polar surface area (TPSA) is 70.1 Å². The molecule has 1 saturated heterocycles. The molecule has 0 saturated carbocycles. The molecule has 2 rings (SSSR count). The molecule has 1 atom stereocenters. The average Bonchev–Trinajstić information content (AvgIpc) is 2.63. The number of hydrogen-bond acceptors (Lipinski definition) is 5. The van der Waals surface area contributed by atoms with Gasteiger partial charge < -0.3 is 19.9 Å². The van der Waals surface area contributed by atoms with Crippen LogP contribution in [0, 0.1) is 5.92 Å². The number of ether oxygens (including phenoxy) is 1. The molecule has 7 heteroatoms. The number of rotatable bonds is 5. The van der Waals surface area contributed by atoms with Crippen LogP contribution in [-0.2, 0) is 16.1 Å². The van der Waals surface area contributed by atoms with Gasteiger partial charge in [0.15, 0.2) is 5.96 Å². The molecule has 1 unspecified atom stereocenters. The Hall–Kier alpha value is -2.31. The summed E-state index contributed by atoms with van der Waals surface area (Å²) in [5, 5.41) is 3.40. The highest BCUT2D eigenvalue weighted by atomic mass is 16.5. The van der Waals surface area contributed by atoms with Crippen LogP contribution in [0.15, 0.2) is 23.3 Å². The normalized spacial score (nSPS) is 18.0. The molecule has 138 valence electrons. The minimum Gasteiger partial charge on any atom is -0.466 e. The fraction of sp³-hybridized carbons (Fsp3) is 0.611. The van der Waals surface area contributed by atoms with Gasteiger partial charge in [0.1, 0.15) is 5.82 Å². The molecular formula is C18H29N5O2. The Balaban J connectivity index is 2.00. The van der Waals surface area contributed by atoms with Crippen LogP contribution in [0.25, 0.3) is 0 Å². The quantitative estimate of drug-likeness (QED) is 0.494. The van der Waals surface area contributed by atoms with Gasteiger partial charge in [0.2, 0.25) is 0 Å². The first-order chi connectivity index (χ1) is 12.1. The SMILES string of the molecule is CCOC(=O)C1CCCN(C(=NC)NCc2cccnc2N(C)C)C1. The monoisotopic (exact) mass is 347 g/mol. The number of guanidine groups is 1. The van der Waals surface area contributed by atoms with Crippen LogP contribution < -0.4 is 10.2 Å². The minimum absolute atomic E-state index is 0.0806. The lowest BCUT2D eigenvalue weighted by atomic mass is 9.98. The number of hydrogen-bond donors (Lipinski definition) is 1. The molecule has 0 bridgehead atoms. The number of anilines is 1. The number of piperidine rings is 1. The first-order valence-corrected chi connectivity index (χ1v) is 8.80. The molecule has 7 nitrogen and oxygen atoms in total. The molecule has 25 heavy (non-hydrogen) atoms. The second-order valence-corrected chi connectivity index (χ2v) is 6.32. The molecule has 1 aliphatic rings. The fourth-order valence-corrected chi connectivity index (χ4v) is 3.10. The third-order valence-electron chi connectivity index (χ3n) is 4.28. The fourth-order valence-electron chi connectivity index (χ4n) is 3.10. The zero-order valence-corrected chi connectivity index (χ0v) is 15.7. The van der Waals surface area contributed by atoms with Crippen LogP contribution >= 0.6 is 0 Å². The highest BCUT2D eigenvalue weighted by Gasteiger charge is 2.28. The van der Waals surface area contributed by atoms with Gasteiger partial charge in [-0.3, -0.25) is 9.79 Å². The van der Waals surface area contributed by atoms with Gasteiger partial charge in [0.25, 0.3) is 0 Å². The smallest absolute Gasteiger partial charge is 0.310 e. The van der Waals surface area contributed by atoms with Crippen molar-refractivity contribution in [2.45, 2.75) is 26.3 Å². The van der Waals surface area contributed by atoms with Gasteiger partial charge in [-0.2, -0.15) is 0 Å². The summed E-state index contributed by atoms with van der Waals surface area (Å²) < 4.78 is 5.17. The van der Waals surface area contributed by atoms with Crippen molar-refractivity contribution in [2.24, 2.45) is 10.9 Å². The lowest BCUT2D eigenvalue weighted by Gasteiger charge is -2.34. The van der Waals surface area contributed by atoms with Crippen molar-refractivity contribution in [1.82, 2.24) is 15.2 Å². The van der Waals surface area contributed by atoms with Crippen molar-refractivity contribution < 1.29 is 9.53 Å². The van der Waals surface area contributed by atoms with Crippen LogP contribution in [0.4, 0.5) is 5.82 Å². The van der Waals surface area contributed by atoms with Crippen molar-refractivity contribution in [1.29, 1.82) is 0 Å². The van der Waals surface area contributed by atoms with Gasteiger partial charge in [-0.05, 0) is 25.8 Å². The van der Waals surface area contributed by atoms with Crippen LogP contribution in [0.5, 0.6) is 0 Å². The zero-order valence-electron chi connectivity index (χ0n) is 15.7. The van der Waals surface area contributed by atoms with Gasteiger partial charge in [-0.15, -0.1) is 0 Å². The number of aromatic nitrogens is 1. The second kappa shape index (κ2) is 9.25. The number of pyridine rings is 1. The predicted octanol–water partition coefficient (Wildman–Crippen LogP) is 1.50. The van der Waals surface area contributed by atoms with E-state index in [1.54, 1.807) is 13.2 Å². The van der Waals surface area contributed by atoms with E-state index in [1.165, 1.54) is 0 Å². The van der Waals surface area contributed by atoms with Gasteiger partial charge in [0.05, 0.1) is 12.5 Å². The number of aliphatic imine (C=N–C) groups is 1. The Kier molecular flexibility index (Phi) is 7.03. The summed E-state index contributed by atoms with van der Waals surface area (Å²) in [7, 11) is 5.73. The van der Waals surface area contributed by atoms with Gasteiger partial charge in [-0.1, -0.05) is 6.07 Å². The molecule has 2 heterocycles. The van der Waals surface area contributed by atoms with Crippen molar-refractivity contribution in [3.8, 4) is 0 Å². The summed E-state index contributed by atoms with van der Waals surface area (Å²) in [6.45, 7) is 4.44. The predicted molar refractivity (Wildman–Crippen MR) is 99.7 cm³/mol. The number of nitrogens with one attached hydrogen (secondary N) is 1. The standard InChI is InChI=1S/C18H29N5O2/c1-5-25-17(24)15-9-7-11-23(13-15)18(19-2)21-12-14-8-6-10-20-16(14)22(3)4/h6,8,10,15H,5,7,9,11-13H2,1-4H3,(H,19,21). The zero-order chi connectivity index (χ0) is 18.2. The Morgan fingerprint density at radius 2 is 2.32 bits per heavy atom. The summed E-state index contributed by atoms with van der Waals surface area (Å²) in [6.07, 6.45) is 3.63. The van der Waals surface area contributed by atoms with E-state index in [-0.39, 0.29) is 11.9 Å². The average molecular weight is 347 g/mol. The summed E-state index contributed by atoms with van der Waals surface area (Å²) in [4.78, 5) is 25.0. The Morgan fingerprint density at radius 3 is 3.00 bits per heavy atom. The third kappa shape index (κ3) is 5.08. The van der Waals surface area contributed by atoms with Gasteiger partial charge >= 0.3 is 5.97 Å². The Bertz CT molecular complexity index is 603. The molecule has 0 amide bonds. The van der Waals surface area contributed by atoms with E-state index in [0.29, 0.717) is 19.7 Å². The largest absolute Gasteiger partial charge is 0.466 e. The maximum absolute atomic E-state index is 12.0.